The number of rotatable bonds is 3. The highest BCUT2D eigenvalue weighted by Crippen LogP contribution is 2.28. The Hall–Kier alpha value is -1.39. The molecular formula is C15H21N3O. The van der Waals surface area contributed by atoms with Gasteiger partial charge in [-0.05, 0) is 37.6 Å². The van der Waals surface area contributed by atoms with Gasteiger partial charge in [0.1, 0.15) is 5.82 Å². The van der Waals surface area contributed by atoms with Gasteiger partial charge in [0.2, 0.25) is 0 Å². The monoisotopic (exact) mass is 259 g/mol. The van der Waals surface area contributed by atoms with Crippen molar-refractivity contribution >= 4 is 11.0 Å². The third kappa shape index (κ3) is 2.38. The van der Waals surface area contributed by atoms with Gasteiger partial charge in [-0.1, -0.05) is 6.07 Å². The van der Waals surface area contributed by atoms with Gasteiger partial charge in [-0.3, -0.25) is 0 Å². The standard InChI is InChI=1S/C15H21N3O/c1-16-10-11-3-4-13-14(9-11)18(2)15(17-13)12-5-7-19-8-6-12/h3-4,9,12,16H,5-8,10H2,1-2H3. The third-order valence-corrected chi connectivity index (χ3v) is 3.95. The van der Waals surface area contributed by atoms with E-state index in [1.807, 2.05) is 7.05 Å². The zero-order valence-corrected chi connectivity index (χ0v) is 11.6. The second-order valence-corrected chi connectivity index (χ2v) is 5.27. The van der Waals surface area contributed by atoms with Crippen LogP contribution in [0.3, 0.4) is 0 Å². The molecule has 1 aliphatic heterocycles. The summed E-state index contributed by atoms with van der Waals surface area (Å²) in [5, 5.41) is 3.19. The lowest BCUT2D eigenvalue weighted by molar-refractivity contribution is 0.0831. The summed E-state index contributed by atoms with van der Waals surface area (Å²) in [5.41, 5.74) is 3.63. The SMILES string of the molecule is CNCc1ccc2nc(C3CCOCC3)n(C)c2c1. The molecule has 2 heterocycles. The Morgan fingerprint density at radius 3 is 2.89 bits per heavy atom. The van der Waals surface area contributed by atoms with E-state index in [1.54, 1.807) is 0 Å². The molecule has 19 heavy (non-hydrogen) atoms. The smallest absolute Gasteiger partial charge is 0.112 e. The lowest BCUT2D eigenvalue weighted by Gasteiger charge is -2.21. The summed E-state index contributed by atoms with van der Waals surface area (Å²) in [5.74, 6) is 1.75. The molecule has 0 saturated carbocycles. The van der Waals surface area contributed by atoms with Crippen LogP contribution in [0.1, 0.15) is 30.1 Å². The highest BCUT2D eigenvalue weighted by atomic mass is 16.5. The Labute approximate surface area is 113 Å². The van der Waals surface area contributed by atoms with Gasteiger partial charge in [-0.25, -0.2) is 4.98 Å². The molecule has 0 unspecified atom stereocenters. The third-order valence-electron chi connectivity index (χ3n) is 3.95. The molecule has 4 nitrogen and oxygen atoms in total. The van der Waals surface area contributed by atoms with Crippen molar-refractivity contribution in [1.29, 1.82) is 0 Å². The number of nitrogens with zero attached hydrogens (tertiary/aromatic N) is 2. The van der Waals surface area contributed by atoms with Crippen LogP contribution < -0.4 is 5.32 Å². The van der Waals surface area contributed by atoms with Crippen molar-refractivity contribution in [2.75, 3.05) is 20.3 Å². The minimum atomic E-state index is 0.541. The number of imidazole rings is 1. The van der Waals surface area contributed by atoms with Gasteiger partial charge in [0.15, 0.2) is 0 Å². The zero-order valence-electron chi connectivity index (χ0n) is 11.6. The van der Waals surface area contributed by atoms with E-state index in [2.05, 4.69) is 35.1 Å². The van der Waals surface area contributed by atoms with Crippen molar-refractivity contribution in [1.82, 2.24) is 14.9 Å². The summed E-state index contributed by atoms with van der Waals surface area (Å²) in [6, 6.07) is 6.52. The largest absolute Gasteiger partial charge is 0.381 e. The molecule has 1 fully saturated rings. The first-order valence-electron chi connectivity index (χ1n) is 6.97. The van der Waals surface area contributed by atoms with E-state index < -0.39 is 0 Å². The molecule has 0 amide bonds. The van der Waals surface area contributed by atoms with Crippen LogP contribution in [0, 0.1) is 0 Å². The first-order chi connectivity index (χ1) is 9.29. The summed E-state index contributed by atoms with van der Waals surface area (Å²) < 4.78 is 7.70. The first-order valence-corrected chi connectivity index (χ1v) is 6.97. The molecule has 0 aliphatic carbocycles. The van der Waals surface area contributed by atoms with E-state index in [0.717, 1.165) is 38.1 Å². The predicted molar refractivity (Wildman–Crippen MR) is 76.3 cm³/mol. The minimum Gasteiger partial charge on any atom is -0.381 e. The summed E-state index contributed by atoms with van der Waals surface area (Å²) in [6.45, 7) is 2.62. The van der Waals surface area contributed by atoms with Crippen molar-refractivity contribution in [3.05, 3.63) is 29.6 Å². The van der Waals surface area contributed by atoms with Gasteiger partial charge in [0.25, 0.3) is 0 Å². The van der Waals surface area contributed by atoms with Crippen molar-refractivity contribution in [3.8, 4) is 0 Å². The van der Waals surface area contributed by atoms with E-state index in [-0.39, 0.29) is 0 Å². The second kappa shape index (κ2) is 5.31. The lowest BCUT2D eigenvalue weighted by atomic mass is 9.99. The highest BCUT2D eigenvalue weighted by Gasteiger charge is 2.21. The van der Waals surface area contributed by atoms with Crippen molar-refractivity contribution < 1.29 is 4.74 Å². The van der Waals surface area contributed by atoms with Crippen LogP contribution in [0.25, 0.3) is 11.0 Å². The fourth-order valence-corrected chi connectivity index (χ4v) is 2.89. The molecule has 1 aromatic carbocycles. The Kier molecular flexibility index (Phi) is 3.53. The van der Waals surface area contributed by atoms with Crippen LogP contribution in [-0.4, -0.2) is 29.8 Å². The van der Waals surface area contributed by atoms with Gasteiger partial charge >= 0.3 is 0 Å². The summed E-state index contributed by atoms with van der Waals surface area (Å²) in [4.78, 5) is 4.82. The van der Waals surface area contributed by atoms with Gasteiger partial charge in [-0.2, -0.15) is 0 Å². The van der Waals surface area contributed by atoms with Crippen LogP contribution >= 0.6 is 0 Å². The zero-order chi connectivity index (χ0) is 13.2. The second-order valence-electron chi connectivity index (χ2n) is 5.27. The van der Waals surface area contributed by atoms with E-state index in [1.165, 1.54) is 16.9 Å². The summed E-state index contributed by atoms with van der Waals surface area (Å²) in [7, 11) is 4.10. The molecule has 1 aromatic heterocycles. The maximum absolute atomic E-state index is 5.44. The lowest BCUT2D eigenvalue weighted by Crippen LogP contribution is -2.17. The number of hydrogen-bond acceptors (Lipinski definition) is 3. The molecule has 1 aliphatic rings. The van der Waals surface area contributed by atoms with E-state index >= 15 is 0 Å². The fraction of sp³-hybridized carbons (Fsp3) is 0.533. The molecule has 102 valence electrons. The van der Waals surface area contributed by atoms with E-state index in [9.17, 15) is 0 Å². The van der Waals surface area contributed by atoms with Crippen LogP contribution in [0.2, 0.25) is 0 Å². The fourth-order valence-electron chi connectivity index (χ4n) is 2.89. The number of hydrogen-bond donors (Lipinski definition) is 1. The number of benzene rings is 1. The predicted octanol–water partition coefficient (Wildman–Crippen LogP) is 2.19. The topological polar surface area (TPSA) is 39.1 Å². The quantitative estimate of drug-likeness (QED) is 0.918. The highest BCUT2D eigenvalue weighted by molar-refractivity contribution is 5.77. The van der Waals surface area contributed by atoms with Gasteiger partial charge in [0.05, 0.1) is 11.0 Å². The average molecular weight is 259 g/mol. The summed E-state index contributed by atoms with van der Waals surface area (Å²) in [6.07, 6.45) is 2.17. The van der Waals surface area contributed by atoms with Crippen LogP contribution in [0.15, 0.2) is 18.2 Å². The van der Waals surface area contributed by atoms with Gasteiger partial charge in [-0.15, -0.1) is 0 Å². The molecule has 0 radical (unpaired) electrons. The number of aromatic nitrogens is 2. The van der Waals surface area contributed by atoms with Crippen LogP contribution in [0.5, 0.6) is 0 Å². The van der Waals surface area contributed by atoms with E-state index in [0.29, 0.717) is 5.92 Å². The summed E-state index contributed by atoms with van der Waals surface area (Å²) >= 11 is 0. The van der Waals surface area contributed by atoms with Gasteiger partial charge in [0, 0.05) is 32.7 Å². The number of aryl methyl sites for hydroxylation is 1. The molecule has 1 saturated heterocycles. The Morgan fingerprint density at radius 2 is 2.16 bits per heavy atom. The number of nitrogens with one attached hydrogen (secondary N) is 1. The van der Waals surface area contributed by atoms with E-state index in [4.69, 9.17) is 9.72 Å². The van der Waals surface area contributed by atoms with Crippen molar-refractivity contribution in [3.63, 3.8) is 0 Å². The maximum atomic E-state index is 5.44. The molecular weight excluding hydrogens is 238 g/mol. The number of fused-ring (bicyclic) bond motifs is 1. The average Bonchev–Trinajstić information content (AvgIpc) is 2.78. The Morgan fingerprint density at radius 1 is 1.37 bits per heavy atom. The van der Waals surface area contributed by atoms with Gasteiger partial charge < -0.3 is 14.6 Å². The molecule has 2 aromatic rings. The molecule has 3 rings (SSSR count). The maximum Gasteiger partial charge on any atom is 0.112 e. The van der Waals surface area contributed by atoms with Crippen LogP contribution in [0.4, 0.5) is 0 Å². The molecule has 0 bridgehead atoms. The minimum absolute atomic E-state index is 0.541. The van der Waals surface area contributed by atoms with Crippen LogP contribution in [-0.2, 0) is 18.3 Å². The molecule has 0 atom stereocenters. The van der Waals surface area contributed by atoms with Crippen molar-refractivity contribution in [2.24, 2.45) is 7.05 Å². The molecule has 4 heteroatoms. The molecule has 0 spiro atoms. The normalized spacial score (nSPS) is 17.2. The Balaban J connectivity index is 1.99. The van der Waals surface area contributed by atoms with Crippen molar-refractivity contribution in [2.45, 2.75) is 25.3 Å². The number of ether oxygens (including phenoxy) is 1. The first kappa shape index (κ1) is 12.6. The molecule has 1 N–H and O–H groups in total. The Bertz CT molecular complexity index is 570.